The van der Waals surface area contributed by atoms with E-state index in [1.807, 2.05) is 6.07 Å². The molecule has 0 saturated heterocycles. The zero-order valence-corrected chi connectivity index (χ0v) is 11.3. The zero-order chi connectivity index (χ0) is 14.4. The fourth-order valence-electron chi connectivity index (χ4n) is 1.75. The highest BCUT2D eigenvalue weighted by Crippen LogP contribution is 2.11. The summed E-state index contributed by atoms with van der Waals surface area (Å²) in [6.45, 7) is 2.08. The van der Waals surface area contributed by atoms with E-state index in [4.69, 9.17) is 5.11 Å². The quantitative estimate of drug-likeness (QED) is 0.732. The third kappa shape index (κ3) is 3.98. The highest BCUT2D eigenvalue weighted by molar-refractivity contribution is 6.01. The Morgan fingerprint density at radius 2 is 2.15 bits per heavy atom. The number of carbonyl (C=O) groups is 1. The van der Waals surface area contributed by atoms with Crippen LogP contribution in [-0.2, 0) is 11.2 Å². The summed E-state index contributed by atoms with van der Waals surface area (Å²) in [5.41, 5.74) is 1.84. The van der Waals surface area contributed by atoms with E-state index < -0.39 is 0 Å². The smallest absolute Gasteiger partial charge is 0.249 e. The third-order valence-corrected chi connectivity index (χ3v) is 2.72. The molecule has 1 amide bonds. The van der Waals surface area contributed by atoms with Gasteiger partial charge in [0.2, 0.25) is 5.91 Å². The molecule has 0 atom stereocenters. The molecule has 0 spiro atoms. The molecule has 0 aliphatic heterocycles. The van der Waals surface area contributed by atoms with Crippen LogP contribution in [0.15, 0.2) is 36.4 Å². The maximum absolute atomic E-state index is 11.7. The number of H-pyrrole nitrogens is 1. The Morgan fingerprint density at radius 3 is 2.85 bits per heavy atom. The molecular formula is C15H17N3O2. The number of nitrogens with one attached hydrogen (secondary N) is 2. The van der Waals surface area contributed by atoms with Crippen molar-refractivity contribution < 1.29 is 9.90 Å². The molecule has 104 valence electrons. The summed E-state index contributed by atoms with van der Waals surface area (Å²) in [5, 5.41) is 18.7. The van der Waals surface area contributed by atoms with Gasteiger partial charge < -0.3 is 10.4 Å². The number of carbonyl (C=O) groups excluding carboxylic acids is 1. The molecule has 0 fully saturated rings. The summed E-state index contributed by atoms with van der Waals surface area (Å²) >= 11 is 0. The van der Waals surface area contributed by atoms with Crippen molar-refractivity contribution in [3.8, 4) is 5.75 Å². The van der Waals surface area contributed by atoms with Crippen LogP contribution in [0.1, 0.15) is 24.6 Å². The number of hydrogen-bond acceptors (Lipinski definition) is 3. The maximum Gasteiger partial charge on any atom is 0.249 e. The molecule has 0 unspecified atom stereocenters. The lowest BCUT2D eigenvalue weighted by atomic mass is 10.2. The van der Waals surface area contributed by atoms with Crippen LogP contribution < -0.4 is 5.32 Å². The van der Waals surface area contributed by atoms with E-state index in [0.29, 0.717) is 5.82 Å². The number of benzene rings is 1. The number of phenols is 1. The van der Waals surface area contributed by atoms with E-state index in [2.05, 4.69) is 22.4 Å². The minimum absolute atomic E-state index is 0.201. The molecule has 1 aromatic heterocycles. The SMILES string of the molecule is CCCc1cc(NC(=O)/C=C/c2ccc(O)cc2)n[nH]1. The Labute approximate surface area is 117 Å². The molecule has 5 heteroatoms. The Bertz CT molecular complexity index is 600. The lowest BCUT2D eigenvalue weighted by Crippen LogP contribution is -2.07. The van der Waals surface area contributed by atoms with Gasteiger partial charge in [-0.25, -0.2) is 0 Å². The minimum Gasteiger partial charge on any atom is -0.508 e. The van der Waals surface area contributed by atoms with Crippen molar-refractivity contribution in [3.05, 3.63) is 47.7 Å². The van der Waals surface area contributed by atoms with Gasteiger partial charge in [-0.3, -0.25) is 9.89 Å². The van der Waals surface area contributed by atoms with Gasteiger partial charge in [0.1, 0.15) is 5.75 Å². The summed E-state index contributed by atoms with van der Waals surface area (Å²) in [5.74, 6) is 0.480. The molecule has 20 heavy (non-hydrogen) atoms. The van der Waals surface area contributed by atoms with E-state index in [1.165, 1.54) is 6.08 Å². The van der Waals surface area contributed by atoms with E-state index in [9.17, 15) is 4.79 Å². The van der Waals surface area contributed by atoms with Crippen molar-refractivity contribution in [2.24, 2.45) is 0 Å². The Hall–Kier alpha value is -2.56. The topological polar surface area (TPSA) is 78.0 Å². The van der Waals surface area contributed by atoms with Gasteiger partial charge in [-0.1, -0.05) is 25.5 Å². The molecule has 0 aliphatic rings. The molecule has 0 aliphatic carbocycles. The number of amides is 1. The van der Waals surface area contributed by atoms with E-state index >= 15 is 0 Å². The first-order valence-electron chi connectivity index (χ1n) is 6.50. The fraction of sp³-hybridized carbons (Fsp3) is 0.200. The molecule has 5 nitrogen and oxygen atoms in total. The maximum atomic E-state index is 11.7. The van der Waals surface area contributed by atoms with Gasteiger partial charge in [0.05, 0.1) is 0 Å². The van der Waals surface area contributed by atoms with Crippen LogP contribution in [0.2, 0.25) is 0 Å². The number of aromatic hydroxyl groups is 1. The Balaban J connectivity index is 1.92. The van der Waals surface area contributed by atoms with E-state index in [-0.39, 0.29) is 11.7 Å². The molecule has 0 radical (unpaired) electrons. The first kappa shape index (κ1) is 13.9. The van der Waals surface area contributed by atoms with Gasteiger partial charge in [-0.15, -0.1) is 0 Å². The molecule has 2 aromatic rings. The van der Waals surface area contributed by atoms with E-state index in [0.717, 1.165) is 24.1 Å². The van der Waals surface area contributed by atoms with Crippen LogP contribution in [0.3, 0.4) is 0 Å². The number of nitrogens with zero attached hydrogens (tertiary/aromatic N) is 1. The van der Waals surface area contributed by atoms with Crippen molar-refractivity contribution in [1.29, 1.82) is 0 Å². The summed E-state index contributed by atoms with van der Waals surface area (Å²) in [4.78, 5) is 11.7. The highest BCUT2D eigenvalue weighted by atomic mass is 16.3. The summed E-state index contributed by atoms with van der Waals surface area (Å²) < 4.78 is 0. The van der Waals surface area contributed by atoms with Crippen molar-refractivity contribution in [1.82, 2.24) is 10.2 Å². The monoisotopic (exact) mass is 271 g/mol. The minimum atomic E-state index is -0.243. The van der Waals surface area contributed by atoms with Crippen LogP contribution in [0, 0.1) is 0 Å². The molecule has 1 aromatic carbocycles. The third-order valence-electron chi connectivity index (χ3n) is 2.72. The number of phenolic OH excluding ortho intramolecular Hbond substituents is 1. The van der Waals surface area contributed by atoms with Crippen LogP contribution in [0.4, 0.5) is 5.82 Å². The van der Waals surface area contributed by atoms with Crippen LogP contribution in [0.5, 0.6) is 5.75 Å². The number of anilines is 1. The van der Waals surface area contributed by atoms with Crippen molar-refractivity contribution in [3.63, 3.8) is 0 Å². The number of rotatable bonds is 5. The van der Waals surface area contributed by atoms with Gasteiger partial charge >= 0.3 is 0 Å². The van der Waals surface area contributed by atoms with Crippen LogP contribution in [-0.4, -0.2) is 21.2 Å². The van der Waals surface area contributed by atoms with Gasteiger partial charge in [0, 0.05) is 17.8 Å². The van der Waals surface area contributed by atoms with Crippen molar-refractivity contribution >= 4 is 17.8 Å². The van der Waals surface area contributed by atoms with Crippen LogP contribution in [0.25, 0.3) is 6.08 Å². The molecular weight excluding hydrogens is 254 g/mol. The molecule has 3 N–H and O–H groups in total. The van der Waals surface area contributed by atoms with E-state index in [1.54, 1.807) is 30.3 Å². The second-order valence-corrected chi connectivity index (χ2v) is 4.44. The van der Waals surface area contributed by atoms with Gasteiger partial charge in [0.15, 0.2) is 5.82 Å². The lowest BCUT2D eigenvalue weighted by Gasteiger charge is -1.96. The first-order valence-corrected chi connectivity index (χ1v) is 6.50. The Morgan fingerprint density at radius 1 is 1.40 bits per heavy atom. The average molecular weight is 271 g/mol. The van der Waals surface area contributed by atoms with Crippen molar-refractivity contribution in [2.75, 3.05) is 5.32 Å². The number of aromatic nitrogens is 2. The zero-order valence-electron chi connectivity index (χ0n) is 11.3. The number of aryl methyl sites for hydroxylation is 1. The lowest BCUT2D eigenvalue weighted by molar-refractivity contribution is -0.111. The van der Waals surface area contributed by atoms with Gasteiger partial charge in [-0.2, -0.15) is 5.10 Å². The summed E-state index contributed by atoms with van der Waals surface area (Å²) in [6.07, 6.45) is 5.04. The molecule has 0 bridgehead atoms. The number of hydrogen-bond donors (Lipinski definition) is 3. The normalized spacial score (nSPS) is 10.8. The predicted molar refractivity (Wildman–Crippen MR) is 78.4 cm³/mol. The second kappa shape index (κ2) is 6.56. The fourth-order valence-corrected chi connectivity index (χ4v) is 1.75. The standard InChI is InChI=1S/C15H17N3O2/c1-2-3-12-10-14(18-17-12)16-15(20)9-6-11-4-7-13(19)8-5-11/h4-10,19H,2-3H2,1H3,(H2,16,17,18,20)/b9-6+. The van der Waals surface area contributed by atoms with Crippen molar-refractivity contribution in [2.45, 2.75) is 19.8 Å². The second-order valence-electron chi connectivity index (χ2n) is 4.44. The number of aromatic amines is 1. The Kier molecular flexibility index (Phi) is 4.55. The first-order chi connectivity index (χ1) is 9.67. The predicted octanol–water partition coefficient (Wildman–Crippen LogP) is 2.72. The highest BCUT2D eigenvalue weighted by Gasteiger charge is 2.02. The molecule has 2 rings (SSSR count). The summed E-state index contributed by atoms with van der Waals surface area (Å²) in [6, 6.07) is 8.43. The largest absolute Gasteiger partial charge is 0.508 e. The van der Waals surface area contributed by atoms with Gasteiger partial charge in [0.25, 0.3) is 0 Å². The summed E-state index contributed by atoms with van der Waals surface area (Å²) in [7, 11) is 0. The average Bonchev–Trinajstić information content (AvgIpc) is 2.86. The molecule has 1 heterocycles. The van der Waals surface area contributed by atoms with Gasteiger partial charge in [-0.05, 0) is 30.2 Å². The molecule has 0 saturated carbocycles. The van der Waals surface area contributed by atoms with Crippen LogP contribution >= 0.6 is 0 Å².